The molecule has 0 amide bonds. The number of thiol groups is 2. The van der Waals surface area contributed by atoms with Gasteiger partial charge in [-0.05, 0) is 66.9 Å². The highest BCUT2D eigenvalue weighted by Crippen LogP contribution is 2.33. The van der Waals surface area contributed by atoms with E-state index in [1.807, 2.05) is 13.0 Å². The van der Waals surface area contributed by atoms with Crippen LogP contribution in [0.15, 0.2) is 135 Å². The average molecular weight is 718 g/mol. The van der Waals surface area contributed by atoms with Crippen molar-refractivity contribution in [2.75, 3.05) is 34.7 Å². The Balaban J connectivity index is 0.00000257. The van der Waals surface area contributed by atoms with Crippen LogP contribution in [0.25, 0.3) is 0 Å². The second-order valence-corrected chi connectivity index (χ2v) is 13.8. The second kappa shape index (κ2) is 23.2. The van der Waals surface area contributed by atoms with Crippen molar-refractivity contribution in [3.63, 3.8) is 0 Å². The first kappa shape index (κ1) is 40.9. The summed E-state index contributed by atoms with van der Waals surface area (Å²) in [6.07, 6.45) is 11.0. The van der Waals surface area contributed by atoms with Gasteiger partial charge in [-0.15, -0.1) is 37.6 Å². The van der Waals surface area contributed by atoms with Gasteiger partial charge in [-0.2, -0.15) is 4.13 Å². The molecule has 1 N–H and O–H groups in total. The summed E-state index contributed by atoms with van der Waals surface area (Å²) in [4.78, 5) is 8.87. The minimum absolute atomic E-state index is 0.756. The van der Waals surface area contributed by atoms with Crippen LogP contribution in [-0.4, -0.2) is 54.3 Å². The lowest BCUT2D eigenvalue weighted by atomic mass is 10.2. The van der Waals surface area contributed by atoms with E-state index in [-0.39, 0.29) is 0 Å². The quantitative estimate of drug-likeness (QED) is 0.0554. The molecule has 0 atom stereocenters. The van der Waals surface area contributed by atoms with Crippen molar-refractivity contribution >= 4 is 49.2 Å². The predicted molar refractivity (Wildman–Crippen MR) is 220 cm³/mol. The van der Waals surface area contributed by atoms with Gasteiger partial charge in [0.15, 0.2) is 0 Å². The molecule has 0 heterocycles. The van der Waals surface area contributed by atoms with Crippen LogP contribution in [0.5, 0.6) is 0 Å². The van der Waals surface area contributed by atoms with E-state index in [0.29, 0.717) is 0 Å². The molecule has 256 valence electrons. The van der Waals surface area contributed by atoms with Crippen LogP contribution >= 0.6 is 49.2 Å². The fourth-order valence-corrected chi connectivity index (χ4v) is 7.10. The number of rotatable bonds is 17. The summed E-state index contributed by atoms with van der Waals surface area (Å²) in [5.41, 5.74) is 4.94. The van der Waals surface area contributed by atoms with Crippen molar-refractivity contribution < 1.29 is 0 Å². The third kappa shape index (κ3) is 14.5. The Morgan fingerprint density at radius 2 is 1.02 bits per heavy atom. The molecular weight excluding hydrogens is 667 g/mol. The molecule has 3 aromatic carbocycles. The summed E-state index contributed by atoms with van der Waals surface area (Å²) >= 11 is 13.3. The minimum atomic E-state index is 0.756. The van der Waals surface area contributed by atoms with Crippen molar-refractivity contribution in [1.82, 2.24) is 23.7 Å². The summed E-state index contributed by atoms with van der Waals surface area (Å²) in [6.45, 7) is 8.80. The van der Waals surface area contributed by atoms with Gasteiger partial charge in [-0.3, -0.25) is 0 Å². The first-order chi connectivity index (χ1) is 23.1. The summed E-state index contributed by atoms with van der Waals surface area (Å²) in [6, 6.07) is 31.5. The summed E-state index contributed by atoms with van der Waals surface area (Å²) < 4.78 is 3.60. The number of allylic oxidation sites excluding steroid dienone is 2. The van der Waals surface area contributed by atoms with Gasteiger partial charge >= 0.3 is 0 Å². The zero-order valence-corrected chi connectivity index (χ0v) is 32.7. The molecule has 9 heteroatoms. The van der Waals surface area contributed by atoms with Gasteiger partial charge in [-0.25, -0.2) is 0 Å². The molecule has 0 aliphatic heterocycles. The maximum absolute atomic E-state index is 5.06. The first-order valence-electron chi connectivity index (χ1n) is 15.7. The first-order valence-corrected chi connectivity index (χ1v) is 18.2. The molecule has 0 fully saturated rings. The van der Waals surface area contributed by atoms with Gasteiger partial charge in [-0.1, -0.05) is 109 Å². The Kier molecular flexibility index (Phi) is 19.7. The summed E-state index contributed by atoms with van der Waals surface area (Å²) in [7, 11) is 8.40. The van der Waals surface area contributed by atoms with E-state index in [0.717, 1.165) is 46.3 Å². The van der Waals surface area contributed by atoms with Crippen LogP contribution < -0.4 is 4.13 Å². The summed E-state index contributed by atoms with van der Waals surface area (Å²) in [5.74, 6) is 2.25. The Labute approximate surface area is 310 Å². The standard InChI is InChI=1S/C36H47N5S4.C3H4/c1-7-18-29(8-2)25-38(3)33(42)35(40(5)27-31-21-14-10-15-22-31)44-37-45-36(41(6)28-32-23-16-11-17-24-32)34(43)39(4)26-30-19-12-9-13-20-30;1-3-2/h7-24,37,42-43H,25-28H2,1-6H3;1H,2H3/b18-7-,29-8+,35-33-,36-34-;. The predicted octanol–water partition coefficient (Wildman–Crippen LogP) is 9.47. The van der Waals surface area contributed by atoms with Gasteiger partial charge in [0.25, 0.3) is 0 Å². The van der Waals surface area contributed by atoms with E-state index < -0.39 is 0 Å². The highest BCUT2D eigenvalue weighted by atomic mass is 32.2. The Morgan fingerprint density at radius 3 is 1.38 bits per heavy atom. The smallest absolute Gasteiger partial charge is 0.117 e. The monoisotopic (exact) mass is 717 g/mol. The molecule has 0 aliphatic carbocycles. The molecule has 0 bridgehead atoms. The third-order valence-corrected chi connectivity index (χ3v) is 10.5. The topological polar surface area (TPSA) is 25.0 Å². The minimum Gasteiger partial charge on any atom is -0.363 e. The highest BCUT2D eigenvalue weighted by Gasteiger charge is 2.19. The summed E-state index contributed by atoms with van der Waals surface area (Å²) in [5, 5.41) is 3.84. The molecule has 48 heavy (non-hydrogen) atoms. The van der Waals surface area contributed by atoms with Crippen molar-refractivity contribution in [1.29, 1.82) is 0 Å². The van der Waals surface area contributed by atoms with E-state index in [4.69, 9.17) is 25.3 Å². The van der Waals surface area contributed by atoms with Crippen molar-refractivity contribution in [2.24, 2.45) is 0 Å². The molecule has 3 rings (SSSR count). The van der Waals surface area contributed by atoms with Crippen LogP contribution in [0.1, 0.15) is 37.5 Å². The van der Waals surface area contributed by atoms with Gasteiger partial charge < -0.3 is 19.6 Å². The van der Waals surface area contributed by atoms with Crippen LogP contribution in [0, 0.1) is 12.3 Å². The van der Waals surface area contributed by atoms with E-state index in [9.17, 15) is 0 Å². The Bertz CT molecular complexity index is 1520. The molecule has 0 aliphatic rings. The SMILES string of the molecule is C#CC.C/C=C\C(=C/C)CN(C)/C(S)=C(/SNS/C(=C(\S)N(C)Cc1ccccc1)N(C)Cc1ccccc1)N(C)Cc1ccccc1. The number of hydrogen-bond acceptors (Lipinski definition) is 9. The molecule has 5 nitrogen and oxygen atoms in total. The number of benzene rings is 3. The molecule has 0 radical (unpaired) electrons. The highest BCUT2D eigenvalue weighted by molar-refractivity contribution is 8.16. The zero-order chi connectivity index (χ0) is 35.3. The number of hydrogen-bond donors (Lipinski definition) is 3. The lowest BCUT2D eigenvalue weighted by Crippen LogP contribution is -2.26. The Hall–Kier alpha value is -3.26. The zero-order valence-electron chi connectivity index (χ0n) is 29.3. The molecular formula is C39H51N5S4. The van der Waals surface area contributed by atoms with Gasteiger partial charge in [0.2, 0.25) is 0 Å². The second-order valence-electron chi connectivity index (χ2n) is 11.1. The maximum atomic E-state index is 5.06. The van der Waals surface area contributed by atoms with Crippen LogP contribution in [0.2, 0.25) is 0 Å². The normalized spacial score (nSPS) is 12.3. The molecule has 0 saturated heterocycles. The lowest BCUT2D eigenvalue weighted by Gasteiger charge is -2.30. The van der Waals surface area contributed by atoms with Crippen molar-refractivity contribution in [3.05, 3.63) is 152 Å². The van der Waals surface area contributed by atoms with E-state index >= 15 is 0 Å². The molecule has 3 aromatic rings. The van der Waals surface area contributed by atoms with Gasteiger partial charge in [0, 0.05) is 54.4 Å². The molecule has 0 spiro atoms. The maximum Gasteiger partial charge on any atom is 0.117 e. The van der Waals surface area contributed by atoms with E-state index in [1.165, 1.54) is 22.3 Å². The van der Waals surface area contributed by atoms with Crippen LogP contribution in [-0.2, 0) is 19.6 Å². The van der Waals surface area contributed by atoms with Gasteiger partial charge in [0.1, 0.15) is 10.1 Å². The van der Waals surface area contributed by atoms with Crippen molar-refractivity contribution in [3.8, 4) is 12.3 Å². The number of likely N-dealkylation sites (N-methyl/N-ethyl adjacent to an activating group) is 1. The van der Waals surface area contributed by atoms with Crippen LogP contribution in [0.4, 0.5) is 0 Å². The molecule has 0 unspecified atom stereocenters. The molecule has 0 saturated carbocycles. The fraction of sp³-hybridized carbons (Fsp3) is 0.282. The van der Waals surface area contributed by atoms with Gasteiger partial charge in [0.05, 0.1) is 10.1 Å². The number of nitrogens with zero attached hydrogens (tertiary/aromatic N) is 4. The van der Waals surface area contributed by atoms with Crippen LogP contribution in [0.3, 0.4) is 0 Å². The van der Waals surface area contributed by atoms with E-state index in [2.05, 4.69) is 174 Å². The fourth-order valence-electron chi connectivity index (χ4n) is 4.61. The molecule has 0 aromatic heterocycles. The average Bonchev–Trinajstić information content (AvgIpc) is 3.09. The largest absolute Gasteiger partial charge is 0.363 e. The van der Waals surface area contributed by atoms with Crippen molar-refractivity contribution in [2.45, 2.75) is 40.4 Å². The number of terminal acetylenes is 1. The number of nitrogens with one attached hydrogen (secondary N) is 1. The lowest BCUT2D eigenvalue weighted by molar-refractivity contribution is 0.393. The Morgan fingerprint density at radius 1 is 0.667 bits per heavy atom. The van der Waals surface area contributed by atoms with E-state index in [1.54, 1.807) is 30.8 Å². The third-order valence-electron chi connectivity index (χ3n) is 7.03.